The molecule has 0 saturated heterocycles. The van der Waals surface area contributed by atoms with E-state index in [0.29, 0.717) is 70.6 Å². The van der Waals surface area contributed by atoms with Crippen LogP contribution in [-0.4, -0.2) is 95.1 Å². The number of carbonyl (C=O) groups is 4. The molecular weight excluding hydrogens is 834 g/mol. The Morgan fingerprint density at radius 1 is 0.667 bits per heavy atom. The normalized spacial score (nSPS) is 24.6. The number of nitrogens with two attached hydrogens (primary N) is 1. The summed E-state index contributed by atoms with van der Waals surface area (Å²) in [6.45, 7) is 7.61. The molecule has 4 saturated carbocycles. The minimum atomic E-state index is -4.41. The van der Waals surface area contributed by atoms with Gasteiger partial charge in [0.1, 0.15) is 0 Å². The zero-order chi connectivity index (χ0) is 45.6. The Morgan fingerprint density at radius 2 is 1.19 bits per heavy atom. The minimum absolute atomic E-state index is 0.219. The lowest BCUT2D eigenvalue weighted by atomic mass is 9.82. The zero-order valence-electron chi connectivity index (χ0n) is 36.6. The van der Waals surface area contributed by atoms with Crippen LogP contribution in [0.1, 0.15) is 124 Å². The minimum Gasteiger partial charge on any atom is -0.369 e. The van der Waals surface area contributed by atoms with Gasteiger partial charge in [-0.2, -0.15) is 4.31 Å². The quantitative estimate of drug-likeness (QED) is 0.145. The average molecular weight is 893 g/mol. The molecule has 13 heteroatoms. The molecule has 0 aromatic heterocycles. The number of carbonyl (C=O) groups excluding carboxylic acids is 4. The van der Waals surface area contributed by atoms with Crippen molar-refractivity contribution in [2.75, 3.05) is 13.1 Å². The number of hydrogen-bond donors (Lipinski definition) is 3. The fraction of sp³-hybridized carbons (Fsp3) is 0.600. The second kappa shape index (κ2) is 26.4. The molecule has 0 bridgehead atoms. The number of ketones is 1. The van der Waals surface area contributed by atoms with E-state index in [1.807, 2.05) is 0 Å². The summed E-state index contributed by atoms with van der Waals surface area (Å²) in [7, 11) is -4.41. The molecule has 6 unspecified atom stereocenters. The zero-order valence-corrected chi connectivity index (χ0v) is 38.2. The number of Topliss-reactive ketones (excluding diaryl/α,β-unsaturated/α-hetero) is 1. The highest BCUT2D eigenvalue weighted by Crippen LogP contribution is 2.38. The summed E-state index contributed by atoms with van der Waals surface area (Å²) in [5.41, 5.74) is 5.84. The summed E-state index contributed by atoms with van der Waals surface area (Å²) in [6.07, 6.45) is 9.05. The van der Waals surface area contributed by atoms with Crippen molar-refractivity contribution in [3.63, 3.8) is 0 Å². The van der Waals surface area contributed by atoms with E-state index in [0.717, 1.165) is 32.4 Å². The molecule has 4 fully saturated rings. The monoisotopic (exact) mass is 891 g/mol. The van der Waals surface area contributed by atoms with Crippen LogP contribution in [-0.2, 0) is 29.2 Å². The van der Waals surface area contributed by atoms with E-state index in [2.05, 4.69) is 124 Å². The van der Waals surface area contributed by atoms with E-state index in [4.69, 9.17) is 17.3 Å². The summed E-state index contributed by atoms with van der Waals surface area (Å²) >= 11 is 6.84. The Labute approximate surface area is 380 Å². The molecular formula is C50H58ClN5O6S. The first kappa shape index (κ1) is 50.4. The third-order valence-corrected chi connectivity index (χ3v) is 15.4. The van der Waals surface area contributed by atoms with Crippen LogP contribution in [0.25, 0.3) is 0 Å². The number of nitrogens with one attached hydrogen (secondary N) is 2. The van der Waals surface area contributed by atoms with Gasteiger partial charge in [-0.15, -0.1) is 11.6 Å². The van der Waals surface area contributed by atoms with Gasteiger partial charge < -0.3 is 21.3 Å². The number of amides is 3. The molecule has 0 aromatic carbocycles. The summed E-state index contributed by atoms with van der Waals surface area (Å²) < 4.78 is 31.6. The first-order chi connectivity index (χ1) is 30.4. The van der Waals surface area contributed by atoms with Gasteiger partial charge in [0.25, 0.3) is 5.91 Å². The second-order valence-corrected chi connectivity index (χ2v) is 18.9. The largest absolute Gasteiger partial charge is 0.369 e. The fourth-order valence-electron chi connectivity index (χ4n) is 9.32. The van der Waals surface area contributed by atoms with Crippen molar-refractivity contribution in [3.05, 3.63) is 0 Å². The number of hydrogen-bond acceptors (Lipinski definition) is 7. The summed E-state index contributed by atoms with van der Waals surface area (Å²) in [4.78, 5) is 57.6. The van der Waals surface area contributed by atoms with Gasteiger partial charge in [0, 0.05) is 36.0 Å². The van der Waals surface area contributed by atoms with Crippen LogP contribution in [0.3, 0.4) is 0 Å². The average Bonchev–Trinajstić information content (AvgIpc) is 3.28. The molecule has 0 aromatic rings. The Bertz CT molecular complexity index is 2310. The maximum absolute atomic E-state index is 15.2. The van der Waals surface area contributed by atoms with Crippen LogP contribution in [0.5, 0.6) is 0 Å². The number of alkyl halides is 1. The summed E-state index contributed by atoms with van der Waals surface area (Å²) in [5, 5.41) is 4.19. The van der Waals surface area contributed by atoms with E-state index in [1.165, 1.54) is 4.31 Å². The number of primary amides is 1. The second-order valence-electron chi connectivity index (χ2n) is 16.3. The SMILES string of the molecule is CC#CC#CC#CC#CC#CC#CC#CC#CC(=O)NC1CCC(Cl)C(NC(=O)C(C(=O)C2CCCCC2)N(C2CCC(N(CC)CC)CC2)S(=O)(=O)C2CCCCC2C(N)=O)C1. The Morgan fingerprint density at radius 3 is 1.75 bits per heavy atom. The Kier molecular flexibility index (Phi) is 21.1. The number of rotatable bonds is 13. The van der Waals surface area contributed by atoms with Gasteiger partial charge in [0.15, 0.2) is 11.8 Å². The number of nitrogens with zero attached hydrogens (tertiary/aromatic N) is 2. The molecule has 4 rings (SSSR count). The third kappa shape index (κ3) is 15.2. The lowest BCUT2D eigenvalue weighted by molar-refractivity contribution is -0.138. The first-order valence-corrected chi connectivity index (χ1v) is 24.1. The summed E-state index contributed by atoms with van der Waals surface area (Å²) in [6, 6.07) is -3.11. The molecule has 6 atom stereocenters. The lowest BCUT2D eigenvalue weighted by Crippen LogP contribution is -2.64. The van der Waals surface area contributed by atoms with Gasteiger partial charge in [-0.3, -0.25) is 19.2 Å². The maximum Gasteiger partial charge on any atom is 0.297 e. The highest BCUT2D eigenvalue weighted by Gasteiger charge is 2.52. The standard InChI is InChI=1S/C50H58ClN5O6S/c1-4-7-8-9-10-11-12-13-14-15-16-17-18-19-23-30-46(57)53-39-31-36-43(51)44(37-39)54-50(60)47(48(58)38-26-21-20-22-27-38)56(41-34-32-40(33-35-41)55(5-2)6-3)63(61,62)45-29-25-24-28-42(45)49(52)59/h38-45,47H,5-6,20-22,24-29,31-37H2,1-3H3,(H2,52,59)(H,53,57)(H,54,60). The number of sulfonamides is 1. The van der Waals surface area contributed by atoms with Gasteiger partial charge in [-0.25, -0.2) is 8.42 Å². The predicted octanol–water partition coefficient (Wildman–Crippen LogP) is 3.64. The van der Waals surface area contributed by atoms with E-state index in [1.54, 1.807) is 6.92 Å². The van der Waals surface area contributed by atoms with Gasteiger partial charge in [0.2, 0.25) is 21.8 Å². The molecule has 0 aliphatic heterocycles. The molecule has 4 aliphatic rings. The lowest BCUT2D eigenvalue weighted by Gasteiger charge is -2.45. The van der Waals surface area contributed by atoms with Crippen molar-refractivity contribution < 1.29 is 27.6 Å². The van der Waals surface area contributed by atoms with Crippen molar-refractivity contribution in [1.82, 2.24) is 19.8 Å². The van der Waals surface area contributed by atoms with Crippen LogP contribution in [0.15, 0.2) is 0 Å². The van der Waals surface area contributed by atoms with Crippen molar-refractivity contribution in [2.45, 2.75) is 164 Å². The van der Waals surface area contributed by atoms with Gasteiger partial charge in [0.05, 0.1) is 16.5 Å². The molecule has 0 radical (unpaired) electrons. The predicted molar refractivity (Wildman–Crippen MR) is 245 cm³/mol. The molecule has 0 spiro atoms. The van der Waals surface area contributed by atoms with Gasteiger partial charge in [-0.05, 0) is 174 Å². The molecule has 3 amide bonds. The molecule has 332 valence electrons. The molecule has 0 heterocycles. The smallest absolute Gasteiger partial charge is 0.297 e. The van der Waals surface area contributed by atoms with E-state index < -0.39 is 80.2 Å². The molecule has 11 nitrogen and oxygen atoms in total. The van der Waals surface area contributed by atoms with Gasteiger partial charge in [-0.1, -0.05) is 51.9 Å². The van der Waals surface area contributed by atoms with Crippen LogP contribution in [0, 0.1) is 107 Å². The van der Waals surface area contributed by atoms with E-state index in [-0.39, 0.29) is 18.9 Å². The van der Waals surface area contributed by atoms with Crippen molar-refractivity contribution in [3.8, 4) is 94.7 Å². The van der Waals surface area contributed by atoms with Crippen molar-refractivity contribution >= 4 is 45.1 Å². The highest BCUT2D eigenvalue weighted by molar-refractivity contribution is 7.89. The van der Waals surface area contributed by atoms with Crippen LogP contribution in [0.2, 0.25) is 0 Å². The Hall–Kier alpha value is -5.28. The van der Waals surface area contributed by atoms with E-state index >= 15 is 8.42 Å². The van der Waals surface area contributed by atoms with Crippen molar-refractivity contribution in [2.24, 2.45) is 17.6 Å². The number of halogens is 1. The third-order valence-electron chi connectivity index (χ3n) is 12.4. The fourth-order valence-corrected chi connectivity index (χ4v) is 12.2. The topological polar surface area (TPSA) is 159 Å². The maximum atomic E-state index is 15.2. The molecule has 4 N–H and O–H groups in total. The first-order valence-electron chi connectivity index (χ1n) is 22.2. The summed E-state index contributed by atoms with van der Waals surface area (Å²) in [5.74, 6) is 36.4. The molecule has 63 heavy (non-hydrogen) atoms. The van der Waals surface area contributed by atoms with Crippen molar-refractivity contribution in [1.29, 1.82) is 0 Å². The van der Waals surface area contributed by atoms with Crippen LogP contribution in [0.4, 0.5) is 0 Å². The van der Waals surface area contributed by atoms with Gasteiger partial charge >= 0.3 is 0 Å². The van der Waals surface area contributed by atoms with Crippen LogP contribution >= 0.6 is 11.6 Å². The Balaban J connectivity index is 1.54. The van der Waals surface area contributed by atoms with Crippen LogP contribution < -0.4 is 16.4 Å². The van der Waals surface area contributed by atoms with E-state index in [9.17, 15) is 19.2 Å². The highest BCUT2D eigenvalue weighted by atomic mass is 35.5. The molecule has 4 aliphatic carbocycles.